The molecule has 1 fully saturated rings. The molecule has 0 aromatic rings. The van der Waals surface area contributed by atoms with E-state index in [-0.39, 0.29) is 5.41 Å². The number of nitrogens with zero attached hydrogens (tertiary/aromatic N) is 1. The summed E-state index contributed by atoms with van der Waals surface area (Å²) in [6.45, 7) is 11.1. The molecule has 0 N–H and O–H groups in total. The van der Waals surface area contributed by atoms with E-state index in [1.165, 1.54) is 4.90 Å². The maximum Gasteiger partial charge on any atom is 0.397 e. The highest BCUT2D eigenvalue weighted by atomic mass is 19.4. The monoisotopic (exact) mass is 277 g/mol. The van der Waals surface area contributed by atoms with Gasteiger partial charge in [0.15, 0.2) is 0 Å². The van der Waals surface area contributed by atoms with Gasteiger partial charge >= 0.3 is 6.18 Å². The minimum atomic E-state index is -4.42. The number of hydrogen-bond donors (Lipinski definition) is 0. The van der Waals surface area contributed by atoms with Crippen LogP contribution < -0.4 is 0 Å². The van der Waals surface area contributed by atoms with Gasteiger partial charge in [0.25, 0.3) is 0 Å². The molecule has 5 heteroatoms. The van der Waals surface area contributed by atoms with Gasteiger partial charge in [-0.2, -0.15) is 13.2 Å². The average Bonchev–Trinajstić information content (AvgIpc) is 2.26. The largest absolute Gasteiger partial charge is 0.397 e. The third-order valence-electron chi connectivity index (χ3n) is 4.04. The molecule has 0 unspecified atom stereocenters. The van der Waals surface area contributed by atoms with E-state index in [4.69, 9.17) is 0 Å². The summed E-state index contributed by atoms with van der Waals surface area (Å²) in [7, 11) is 0. The van der Waals surface area contributed by atoms with E-state index in [9.17, 15) is 18.0 Å². The van der Waals surface area contributed by atoms with Crippen molar-refractivity contribution in [3.05, 3.63) is 12.2 Å². The molecule has 0 aromatic heterocycles. The first-order chi connectivity index (χ1) is 8.55. The van der Waals surface area contributed by atoms with Crippen LogP contribution in [0.5, 0.6) is 0 Å². The maximum atomic E-state index is 12.2. The number of allylic oxidation sites excluding steroid dienone is 1. The molecule has 19 heavy (non-hydrogen) atoms. The SMILES string of the molecule is C=C(C(C)C)C1(C)CCN(C(=O)CC(F)(F)F)CC1. The van der Waals surface area contributed by atoms with E-state index in [2.05, 4.69) is 27.4 Å². The fourth-order valence-corrected chi connectivity index (χ4v) is 2.55. The molecule has 0 radical (unpaired) electrons. The Bertz CT molecular complexity index is 352. The fourth-order valence-electron chi connectivity index (χ4n) is 2.55. The van der Waals surface area contributed by atoms with E-state index in [0.717, 1.165) is 5.57 Å². The number of alkyl halides is 3. The van der Waals surface area contributed by atoms with E-state index >= 15 is 0 Å². The van der Waals surface area contributed by atoms with E-state index < -0.39 is 18.5 Å². The second-order valence-corrected chi connectivity index (χ2v) is 5.91. The quantitative estimate of drug-likeness (QED) is 0.719. The van der Waals surface area contributed by atoms with E-state index in [1.54, 1.807) is 0 Å². The summed E-state index contributed by atoms with van der Waals surface area (Å²) in [6.07, 6.45) is -4.39. The summed E-state index contributed by atoms with van der Waals surface area (Å²) >= 11 is 0. The van der Waals surface area contributed by atoms with Gasteiger partial charge in [-0.15, -0.1) is 0 Å². The summed E-state index contributed by atoms with van der Waals surface area (Å²) < 4.78 is 36.6. The number of rotatable bonds is 3. The standard InChI is InChI=1S/C14H22F3NO/c1-10(2)11(3)13(4)5-7-18(8-6-13)12(19)9-14(15,16)17/h10H,3,5-9H2,1-2,4H3. The van der Waals surface area contributed by atoms with Gasteiger partial charge in [-0.25, -0.2) is 0 Å². The zero-order valence-corrected chi connectivity index (χ0v) is 11.8. The number of carbonyl (C=O) groups excluding carboxylic acids is 1. The normalized spacial score (nSPS) is 19.6. The lowest BCUT2D eigenvalue weighted by Crippen LogP contribution is -2.44. The van der Waals surface area contributed by atoms with Gasteiger partial charge in [0, 0.05) is 13.1 Å². The second kappa shape index (κ2) is 5.55. The van der Waals surface area contributed by atoms with Crippen LogP contribution in [0.4, 0.5) is 13.2 Å². The van der Waals surface area contributed by atoms with Crippen molar-refractivity contribution in [1.29, 1.82) is 0 Å². The number of piperidine rings is 1. The molecule has 1 rings (SSSR count). The molecule has 0 spiro atoms. The molecule has 1 amide bonds. The lowest BCUT2D eigenvalue weighted by molar-refractivity contribution is -0.162. The number of amides is 1. The van der Waals surface area contributed by atoms with Crippen molar-refractivity contribution < 1.29 is 18.0 Å². The molecule has 0 aliphatic carbocycles. The summed E-state index contributed by atoms with van der Waals surface area (Å²) in [5.74, 6) is -0.466. The molecular formula is C14H22F3NO. The topological polar surface area (TPSA) is 20.3 Å². The number of halogens is 3. The first-order valence-electron chi connectivity index (χ1n) is 6.59. The van der Waals surface area contributed by atoms with Crippen LogP contribution in [0.3, 0.4) is 0 Å². The third kappa shape index (κ3) is 4.25. The lowest BCUT2D eigenvalue weighted by Gasteiger charge is -2.42. The summed E-state index contributed by atoms with van der Waals surface area (Å²) in [5, 5.41) is 0. The molecule has 0 saturated carbocycles. The lowest BCUT2D eigenvalue weighted by atomic mass is 9.71. The molecule has 110 valence electrons. The number of carbonyl (C=O) groups is 1. The maximum absolute atomic E-state index is 12.2. The van der Waals surface area contributed by atoms with Crippen LogP contribution >= 0.6 is 0 Å². The molecule has 0 atom stereocenters. The van der Waals surface area contributed by atoms with Crippen molar-refractivity contribution in [2.75, 3.05) is 13.1 Å². The zero-order valence-electron chi connectivity index (χ0n) is 11.8. The van der Waals surface area contributed by atoms with E-state index in [1.807, 2.05) is 0 Å². The van der Waals surface area contributed by atoms with Gasteiger partial charge in [0.05, 0.1) is 0 Å². The zero-order chi connectivity index (χ0) is 14.8. The smallest absolute Gasteiger partial charge is 0.342 e. The van der Waals surface area contributed by atoms with Gasteiger partial charge in [0.1, 0.15) is 6.42 Å². The molecule has 1 aliphatic rings. The van der Waals surface area contributed by atoms with Crippen LogP contribution in [0.1, 0.15) is 40.0 Å². The molecule has 1 heterocycles. The van der Waals surface area contributed by atoms with Crippen LogP contribution in [0.15, 0.2) is 12.2 Å². The predicted octanol–water partition coefficient (Wildman–Crippen LogP) is 3.78. The molecule has 2 nitrogen and oxygen atoms in total. The first kappa shape index (κ1) is 16.1. The van der Waals surface area contributed by atoms with Crippen molar-refractivity contribution in [2.45, 2.75) is 46.2 Å². The second-order valence-electron chi connectivity index (χ2n) is 5.91. The van der Waals surface area contributed by atoms with Gasteiger partial charge < -0.3 is 4.90 Å². The summed E-state index contributed by atoms with van der Waals surface area (Å²) in [4.78, 5) is 12.8. The van der Waals surface area contributed by atoms with Crippen LogP contribution in [0.25, 0.3) is 0 Å². The highest BCUT2D eigenvalue weighted by Gasteiger charge is 2.38. The van der Waals surface area contributed by atoms with Crippen LogP contribution in [0, 0.1) is 11.3 Å². The molecular weight excluding hydrogens is 255 g/mol. The van der Waals surface area contributed by atoms with Crippen LogP contribution in [0.2, 0.25) is 0 Å². The van der Waals surface area contributed by atoms with E-state index in [0.29, 0.717) is 31.8 Å². The van der Waals surface area contributed by atoms with Crippen molar-refractivity contribution >= 4 is 5.91 Å². The Morgan fingerprint density at radius 3 is 2.16 bits per heavy atom. The van der Waals surface area contributed by atoms with Crippen molar-refractivity contribution in [1.82, 2.24) is 4.90 Å². The van der Waals surface area contributed by atoms with Crippen molar-refractivity contribution in [3.63, 3.8) is 0 Å². The Hall–Kier alpha value is -1.00. The Balaban J connectivity index is 2.58. The highest BCUT2D eigenvalue weighted by Crippen LogP contribution is 2.40. The average molecular weight is 277 g/mol. The van der Waals surface area contributed by atoms with Crippen molar-refractivity contribution in [2.24, 2.45) is 11.3 Å². The Morgan fingerprint density at radius 1 is 1.32 bits per heavy atom. The van der Waals surface area contributed by atoms with Gasteiger partial charge in [0.2, 0.25) is 5.91 Å². The van der Waals surface area contributed by atoms with Crippen molar-refractivity contribution in [3.8, 4) is 0 Å². The van der Waals surface area contributed by atoms with Gasteiger partial charge in [-0.05, 0) is 24.2 Å². The molecule has 0 bridgehead atoms. The van der Waals surface area contributed by atoms with Crippen LogP contribution in [-0.4, -0.2) is 30.1 Å². The van der Waals surface area contributed by atoms with Gasteiger partial charge in [-0.1, -0.05) is 32.9 Å². The Kier molecular flexibility index (Phi) is 4.69. The number of hydrogen-bond acceptors (Lipinski definition) is 1. The minimum Gasteiger partial charge on any atom is -0.342 e. The summed E-state index contributed by atoms with van der Waals surface area (Å²) in [5.41, 5.74) is 1.05. The molecule has 1 saturated heterocycles. The molecule has 0 aromatic carbocycles. The highest BCUT2D eigenvalue weighted by molar-refractivity contribution is 5.77. The molecule has 1 aliphatic heterocycles. The number of likely N-dealkylation sites (tertiary alicyclic amines) is 1. The Morgan fingerprint density at radius 2 is 1.79 bits per heavy atom. The first-order valence-corrected chi connectivity index (χ1v) is 6.59. The fraction of sp³-hybridized carbons (Fsp3) is 0.786. The third-order valence-corrected chi connectivity index (χ3v) is 4.04. The summed E-state index contributed by atoms with van der Waals surface area (Å²) in [6, 6.07) is 0. The Labute approximate surface area is 112 Å². The minimum absolute atomic E-state index is 0.0663. The predicted molar refractivity (Wildman–Crippen MR) is 68.6 cm³/mol. The van der Waals surface area contributed by atoms with Crippen LogP contribution in [-0.2, 0) is 4.79 Å². The van der Waals surface area contributed by atoms with Gasteiger partial charge in [-0.3, -0.25) is 4.79 Å².